The van der Waals surface area contributed by atoms with E-state index in [1.165, 1.54) is 13.8 Å². The second kappa shape index (κ2) is 7.87. The maximum atomic E-state index is 11.4. The zero-order valence-corrected chi connectivity index (χ0v) is 17.2. The maximum Gasteiger partial charge on any atom is 0.233 e. The van der Waals surface area contributed by atoms with Crippen molar-refractivity contribution in [3.8, 4) is 17.0 Å². The van der Waals surface area contributed by atoms with Crippen molar-refractivity contribution < 1.29 is 14.3 Å². The third kappa shape index (κ3) is 5.28. The average molecular weight is 392 g/mol. The molecule has 0 saturated carbocycles. The second-order valence-corrected chi connectivity index (χ2v) is 7.74. The van der Waals surface area contributed by atoms with Crippen molar-refractivity contribution in [2.24, 2.45) is 0 Å². The van der Waals surface area contributed by atoms with Crippen molar-refractivity contribution in [3.63, 3.8) is 0 Å². The van der Waals surface area contributed by atoms with E-state index in [0.29, 0.717) is 11.4 Å². The number of hydrogen-bond acceptors (Lipinski definition) is 5. The van der Waals surface area contributed by atoms with Gasteiger partial charge in [0.2, 0.25) is 23.6 Å². The van der Waals surface area contributed by atoms with Crippen LogP contribution in [0.4, 0.5) is 11.6 Å². The number of aromatic nitrogens is 2. The molecule has 7 heteroatoms. The Hall–Kier alpha value is -3.48. The highest BCUT2D eigenvalue weighted by atomic mass is 16.5. The van der Waals surface area contributed by atoms with E-state index in [-0.39, 0.29) is 17.8 Å². The first-order valence-corrected chi connectivity index (χ1v) is 9.27. The van der Waals surface area contributed by atoms with Crippen LogP contribution < -0.4 is 15.4 Å². The van der Waals surface area contributed by atoms with Crippen molar-refractivity contribution in [3.05, 3.63) is 42.5 Å². The normalized spacial score (nSPS) is 11.2. The van der Waals surface area contributed by atoms with Gasteiger partial charge in [-0.15, -0.1) is 0 Å². The largest absolute Gasteiger partial charge is 0.471 e. The molecule has 2 aromatic carbocycles. The highest BCUT2D eigenvalue weighted by Gasteiger charge is 2.18. The smallest absolute Gasteiger partial charge is 0.233 e. The molecule has 1 heterocycles. The van der Waals surface area contributed by atoms with Crippen LogP contribution in [0.25, 0.3) is 22.0 Å². The minimum Gasteiger partial charge on any atom is -0.471 e. The Balaban J connectivity index is 2.06. The van der Waals surface area contributed by atoms with Crippen LogP contribution in [0.15, 0.2) is 42.5 Å². The third-order valence-corrected chi connectivity index (χ3v) is 3.89. The topological polar surface area (TPSA) is 93.2 Å². The van der Waals surface area contributed by atoms with Gasteiger partial charge in [-0.2, -0.15) is 4.98 Å². The number of fused-ring (bicyclic) bond motifs is 1. The van der Waals surface area contributed by atoms with Gasteiger partial charge in [-0.05, 0) is 56.2 Å². The monoisotopic (exact) mass is 392 g/mol. The molecule has 0 spiro atoms. The molecule has 7 nitrogen and oxygen atoms in total. The number of nitrogens with zero attached hydrogens (tertiary/aromatic N) is 2. The van der Waals surface area contributed by atoms with Crippen LogP contribution in [-0.2, 0) is 9.59 Å². The summed E-state index contributed by atoms with van der Waals surface area (Å²) in [5.41, 5.74) is 2.88. The summed E-state index contributed by atoms with van der Waals surface area (Å²) in [6.45, 7) is 8.69. The quantitative estimate of drug-likeness (QED) is 0.687. The molecule has 2 amide bonds. The Morgan fingerprint density at radius 1 is 0.862 bits per heavy atom. The number of hydrogen-bond donors (Lipinski definition) is 2. The summed E-state index contributed by atoms with van der Waals surface area (Å²) in [7, 11) is 0. The lowest BCUT2D eigenvalue weighted by Crippen LogP contribution is -2.24. The number of ether oxygens (including phenoxy) is 1. The first-order valence-electron chi connectivity index (χ1n) is 9.27. The highest BCUT2D eigenvalue weighted by molar-refractivity contribution is 5.92. The number of carbonyl (C=O) groups is 2. The second-order valence-electron chi connectivity index (χ2n) is 7.74. The van der Waals surface area contributed by atoms with Crippen molar-refractivity contribution in [2.75, 3.05) is 10.6 Å². The van der Waals surface area contributed by atoms with Crippen molar-refractivity contribution in [1.82, 2.24) is 9.97 Å². The summed E-state index contributed by atoms with van der Waals surface area (Å²) in [5, 5.41) is 6.12. The summed E-state index contributed by atoms with van der Waals surface area (Å²) in [6.07, 6.45) is 0. The lowest BCUT2D eigenvalue weighted by atomic mass is 10.0. The van der Waals surface area contributed by atoms with E-state index < -0.39 is 5.60 Å². The molecule has 1 aromatic heterocycles. The SMILES string of the molecule is CC(=O)Nc1ccc(-c2ccc3nc(NC(C)=O)nc(OC(C)(C)C)c3c2)cc1. The molecular weight excluding hydrogens is 368 g/mol. The molecule has 3 aromatic rings. The van der Waals surface area contributed by atoms with E-state index in [2.05, 4.69) is 20.6 Å². The molecule has 0 aliphatic carbocycles. The van der Waals surface area contributed by atoms with Gasteiger partial charge in [-0.1, -0.05) is 18.2 Å². The van der Waals surface area contributed by atoms with E-state index in [1.807, 2.05) is 63.2 Å². The van der Waals surface area contributed by atoms with Crippen LogP contribution in [0.3, 0.4) is 0 Å². The van der Waals surface area contributed by atoms with Crippen LogP contribution >= 0.6 is 0 Å². The maximum absolute atomic E-state index is 11.4. The van der Waals surface area contributed by atoms with Gasteiger partial charge in [-0.25, -0.2) is 4.98 Å². The molecule has 3 rings (SSSR count). The predicted molar refractivity (Wildman–Crippen MR) is 114 cm³/mol. The highest BCUT2D eigenvalue weighted by Crippen LogP contribution is 2.31. The Bertz CT molecular complexity index is 1070. The van der Waals surface area contributed by atoms with E-state index in [0.717, 1.165) is 22.2 Å². The van der Waals surface area contributed by atoms with Crippen LogP contribution in [-0.4, -0.2) is 27.4 Å². The molecule has 0 atom stereocenters. The van der Waals surface area contributed by atoms with Crippen molar-refractivity contribution in [1.29, 1.82) is 0 Å². The van der Waals surface area contributed by atoms with Crippen LogP contribution in [0, 0.1) is 0 Å². The molecule has 2 N–H and O–H groups in total. The summed E-state index contributed by atoms with van der Waals surface area (Å²) < 4.78 is 6.04. The van der Waals surface area contributed by atoms with Crippen molar-refractivity contribution in [2.45, 2.75) is 40.2 Å². The minimum atomic E-state index is -0.467. The standard InChI is InChI=1S/C22H24N4O3/c1-13(27)23-17-9-6-15(7-10-17)16-8-11-19-18(12-16)20(29-22(3,4)5)26-21(25-19)24-14(2)28/h6-12H,1-5H3,(H,23,27)(H,24,25,26,28). The number of nitrogens with one attached hydrogen (secondary N) is 2. The molecule has 0 aliphatic rings. The Morgan fingerprint density at radius 2 is 1.48 bits per heavy atom. The van der Waals surface area contributed by atoms with Gasteiger partial charge in [0.15, 0.2) is 0 Å². The molecule has 150 valence electrons. The Morgan fingerprint density at radius 3 is 2.07 bits per heavy atom. The first-order chi connectivity index (χ1) is 13.6. The molecular formula is C22H24N4O3. The van der Waals surface area contributed by atoms with Gasteiger partial charge in [0.25, 0.3) is 0 Å². The average Bonchev–Trinajstić information content (AvgIpc) is 2.60. The Kier molecular flexibility index (Phi) is 5.50. The van der Waals surface area contributed by atoms with Crippen molar-refractivity contribution >= 4 is 34.4 Å². The van der Waals surface area contributed by atoms with Gasteiger partial charge in [0, 0.05) is 19.5 Å². The summed E-state index contributed by atoms with van der Waals surface area (Å²) in [5.74, 6) is 0.251. The minimum absolute atomic E-state index is 0.112. The Labute approximate surface area is 169 Å². The summed E-state index contributed by atoms with van der Waals surface area (Å²) in [6, 6.07) is 13.3. The number of anilines is 2. The van der Waals surface area contributed by atoms with Gasteiger partial charge in [-0.3, -0.25) is 14.9 Å². The van der Waals surface area contributed by atoms with E-state index in [1.54, 1.807) is 0 Å². The number of carbonyl (C=O) groups excluding carboxylic acids is 2. The number of benzene rings is 2. The fourth-order valence-corrected chi connectivity index (χ4v) is 2.81. The van der Waals surface area contributed by atoms with E-state index >= 15 is 0 Å². The predicted octanol–water partition coefficient (Wildman–Crippen LogP) is 4.39. The van der Waals surface area contributed by atoms with E-state index in [9.17, 15) is 9.59 Å². The van der Waals surface area contributed by atoms with Crippen LogP contribution in [0.1, 0.15) is 34.6 Å². The molecule has 0 bridgehead atoms. The molecule has 0 unspecified atom stereocenters. The molecule has 0 aliphatic heterocycles. The first kappa shape index (κ1) is 20.3. The lowest BCUT2D eigenvalue weighted by molar-refractivity contribution is -0.115. The lowest BCUT2D eigenvalue weighted by Gasteiger charge is -2.22. The molecule has 29 heavy (non-hydrogen) atoms. The summed E-state index contributed by atoms with van der Waals surface area (Å²) in [4.78, 5) is 31.4. The fraction of sp³-hybridized carbons (Fsp3) is 0.273. The van der Waals surface area contributed by atoms with Gasteiger partial charge in [0.05, 0.1) is 10.9 Å². The van der Waals surface area contributed by atoms with Crippen LogP contribution in [0.5, 0.6) is 5.88 Å². The van der Waals surface area contributed by atoms with Gasteiger partial charge in [0.1, 0.15) is 5.60 Å². The van der Waals surface area contributed by atoms with E-state index in [4.69, 9.17) is 4.74 Å². The van der Waals surface area contributed by atoms with Gasteiger partial charge >= 0.3 is 0 Å². The van der Waals surface area contributed by atoms with Gasteiger partial charge < -0.3 is 10.1 Å². The number of amides is 2. The molecule has 0 fully saturated rings. The summed E-state index contributed by atoms with van der Waals surface area (Å²) >= 11 is 0. The molecule has 0 radical (unpaired) electrons. The zero-order valence-electron chi connectivity index (χ0n) is 17.2. The fourth-order valence-electron chi connectivity index (χ4n) is 2.81. The zero-order chi connectivity index (χ0) is 21.2. The van der Waals surface area contributed by atoms with Crippen LogP contribution in [0.2, 0.25) is 0 Å². The molecule has 0 saturated heterocycles. The number of rotatable bonds is 4. The third-order valence-electron chi connectivity index (χ3n) is 3.89.